The molecule has 2 atom stereocenters. The molecule has 2 unspecified atom stereocenters. The third kappa shape index (κ3) is 2.96. The van der Waals surface area contributed by atoms with Gasteiger partial charge in [-0.3, -0.25) is 0 Å². The van der Waals surface area contributed by atoms with Crippen LogP contribution in [0.5, 0.6) is 5.75 Å². The summed E-state index contributed by atoms with van der Waals surface area (Å²) in [6.45, 7) is 1.61. The summed E-state index contributed by atoms with van der Waals surface area (Å²) in [5.41, 5.74) is -0.277. The molecule has 0 amide bonds. The van der Waals surface area contributed by atoms with Crippen molar-refractivity contribution >= 4 is 5.97 Å². The molecule has 0 aromatic heterocycles. The first-order valence-corrected chi connectivity index (χ1v) is 5.38. The van der Waals surface area contributed by atoms with Crippen molar-refractivity contribution in [3.8, 4) is 5.75 Å². The van der Waals surface area contributed by atoms with Gasteiger partial charge in [-0.1, -0.05) is 6.07 Å². The van der Waals surface area contributed by atoms with E-state index in [0.29, 0.717) is 0 Å². The number of halogens is 1. The largest absolute Gasteiger partial charge is 0.496 e. The van der Waals surface area contributed by atoms with Gasteiger partial charge in [0.15, 0.2) is 6.10 Å². The van der Waals surface area contributed by atoms with Crippen LogP contribution in [0.15, 0.2) is 18.2 Å². The van der Waals surface area contributed by atoms with Gasteiger partial charge in [0.1, 0.15) is 17.7 Å². The van der Waals surface area contributed by atoms with Crippen LogP contribution in [0.4, 0.5) is 4.39 Å². The van der Waals surface area contributed by atoms with Crippen LogP contribution in [0.25, 0.3) is 0 Å². The number of esters is 1. The average Bonchev–Trinajstić information content (AvgIpc) is 2.36. The fraction of sp³-hybridized carbons (Fsp3) is 0.417. The van der Waals surface area contributed by atoms with Crippen LogP contribution in [0.3, 0.4) is 0 Å². The second-order valence-electron chi connectivity index (χ2n) is 3.50. The maximum atomic E-state index is 13.6. The molecule has 1 aromatic carbocycles. The Morgan fingerprint density at radius 3 is 2.67 bits per heavy atom. The maximum absolute atomic E-state index is 13.6. The van der Waals surface area contributed by atoms with Crippen LogP contribution in [0, 0.1) is 5.82 Å². The lowest BCUT2D eigenvalue weighted by atomic mass is 10.0. The highest BCUT2D eigenvalue weighted by Crippen LogP contribution is 2.30. The van der Waals surface area contributed by atoms with Crippen molar-refractivity contribution in [2.24, 2.45) is 0 Å². The monoisotopic (exact) mass is 258 g/mol. The normalized spacial score (nSPS) is 13.8. The van der Waals surface area contributed by atoms with Gasteiger partial charge in [-0.25, -0.2) is 9.18 Å². The van der Waals surface area contributed by atoms with E-state index in [1.165, 1.54) is 19.2 Å². The Labute approximate surface area is 104 Å². The fourth-order valence-electron chi connectivity index (χ4n) is 1.50. The van der Waals surface area contributed by atoms with E-state index in [-0.39, 0.29) is 17.9 Å². The number of rotatable bonds is 5. The first-order chi connectivity index (χ1) is 8.52. The number of hydrogen-bond donors (Lipinski definition) is 2. The summed E-state index contributed by atoms with van der Waals surface area (Å²) in [6, 6.07) is 3.90. The van der Waals surface area contributed by atoms with Crippen LogP contribution in [-0.4, -0.2) is 36.0 Å². The number of carbonyl (C=O) groups is 1. The summed E-state index contributed by atoms with van der Waals surface area (Å²) in [6.07, 6.45) is -3.61. The maximum Gasteiger partial charge on any atom is 0.338 e. The minimum Gasteiger partial charge on any atom is -0.496 e. The molecule has 0 bridgehead atoms. The van der Waals surface area contributed by atoms with Crippen molar-refractivity contribution in [2.75, 3.05) is 13.7 Å². The van der Waals surface area contributed by atoms with Gasteiger partial charge in [-0.2, -0.15) is 0 Å². The Morgan fingerprint density at radius 2 is 2.11 bits per heavy atom. The molecular weight excluding hydrogens is 243 g/mol. The van der Waals surface area contributed by atoms with Gasteiger partial charge in [0.05, 0.1) is 19.3 Å². The Hall–Kier alpha value is -1.66. The minimum absolute atomic E-state index is 0.0471. The molecule has 2 N–H and O–H groups in total. The zero-order chi connectivity index (χ0) is 13.7. The number of ether oxygens (including phenoxy) is 2. The minimum atomic E-state index is -1.87. The predicted octanol–water partition coefficient (Wildman–Crippen LogP) is 0.792. The SMILES string of the molecule is CCOC(=O)C(O)C(O)c1c(F)cccc1OC. The Balaban J connectivity index is 3.02. The third-order valence-corrected chi connectivity index (χ3v) is 2.36. The molecule has 18 heavy (non-hydrogen) atoms. The number of aliphatic hydroxyl groups excluding tert-OH is 2. The Kier molecular flexibility index (Phi) is 5.06. The third-order valence-electron chi connectivity index (χ3n) is 2.36. The molecule has 0 radical (unpaired) electrons. The Bertz CT molecular complexity index is 421. The second kappa shape index (κ2) is 6.32. The number of methoxy groups -OCH3 is 1. The van der Waals surface area contributed by atoms with Gasteiger partial charge in [-0.15, -0.1) is 0 Å². The molecule has 0 fully saturated rings. The van der Waals surface area contributed by atoms with Gasteiger partial charge in [0, 0.05) is 0 Å². The van der Waals surface area contributed by atoms with Crippen LogP contribution in [0.2, 0.25) is 0 Å². The van der Waals surface area contributed by atoms with Crippen molar-refractivity contribution in [2.45, 2.75) is 19.1 Å². The van der Waals surface area contributed by atoms with E-state index in [9.17, 15) is 19.4 Å². The molecule has 1 rings (SSSR count). The first kappa shape index (κ1) is 14.4. The summed E-state index contributed by atoms with van der Waals surface area (Å²) >= 11 is 0. The van der Waals surface area contributed by atoms with Crippen LogP contribution in [0.1, 0.15) is 18.6 Å². The van der Waals surface area contributed by atoms with Crippen molar-refractivity contribution in [1.82, 2.24) is 0 Å². The van der Waals surface area contributed by atoms with E-state index in [0.717, 1.165) is 6.07 Å². The molecule has 0 heterocycles. The van der Waals surface area contributed by atoms with Crippen LogP contribution >= 0.6 is 0 Å². The topological polar surface area (TPSA) is 76.0 Å². The lowest BCUT2D eigenvalue weighted by Gasteiger charge is -2.19. The lowest BCUT2D eigenvalue weighted by molar-refractivity contribution is -0.159. The van der Waals surface area contributed by atoms with Crippen LogP contribution < -0.4 is 4.74 Å². The Morgan fingerprint density at radius 1 is 1.44 bits per heavy atom. The highest BCUT2D eigenvalue weighted by atomic mass is 19.1. The number of carbonyl (C=O) groups excluding carboxylic acids is 1. The smallest absolute Gasteiger partial charge is 0.338 e. The van der Waals surface area contributed by atoms with Crippen molar-refractivity contribution in [1.29, 1.82) is 0 Å². The zero-order valence-electron chi connectivity index (χ0n) is 10.1. The summed E-state index contributed by atoms with van der Waals surface area (Å²) < 4.78 is 23.0. The van der Waals surface area contributed by atoms with Crippen molar-refractivity contribution in [3.63, 3.8) is 0 Å². The summed E-state index contributed by atoms with van der Waals surface area (Å²) in [4.78, 5) is 11.3. The molecule has 0 aliphatic heterocycles. The fourth-order valence-corrected chi connectivity index (χ4v) is 1.50. The van der Waals surface area contributed by atoms with E-state index in [2.05, 4.69) is 4.74 Å². The van der Waals surface area contributed by atoms with Gasteiger partial charge >= 0.3 is 5.97 Å². The standard InChI is InChI=1S/C12H15FO5/c1-3-18-12(16)11(15)10(14)9-7(13)5-4-6-8(9)17-2/h4-6,10-11,14-15H,3H2,1-2H3. The molecule has 100 valence electrons. The van der Waals surface area contributed by atoms with Gasteiger partial charge < -0.3 is 19.7 Å². The van der Waals surface area contributed by atoms with Gasteiger partial charge in [-0.05, 0) is 19.1 Å². The lowest BCUT2D eigenvalue weighted by Crippen LogP contribution is -2.30. The molecule has 6 heteroatoms. The molecule has 0 aliphatic rings. The first-order valence-electron chi connectivity index (χ1n) is 5.38. The van der Waals surface area contributed by atoms with Crippen molar-refractivity contribution in [3.05, 3.63) is 29.6 Å². The summed E-state index contributed by atoms with van der Waals surface area (Å²) in [5.74, 6) is -1.74. The number of benzene rings is 1. The molecule has 0 saturated heterocycles. The van der Waals surface area contributed by atoms with E-state index in [4.69, 9.17) is 4.74 Å². The molecule has 0 aliphatic carbocycles. The zero-order valence-corrected chi connectivity index (χ0v) is 10.1. The highest BCUT2D eigenvalue weighted by Gasteiger charge is 2.31. The predicted molar refractivity (Wildman–Crippen MR) is 60.6 cm³/mol. The number of aliphatic hydroxyl groups is 2. The average molecular weight is 258 g/mol. The molecule has 0 saturated carbocycles. The van der Waals surface area contributed by atoms with Crippen LogP contribution in [-0.2, 0) is 9.53 Å². The second-order valence-corrected chi connectivity index (χ2v) is 3.50. The van der Waals surface area contributed by atoms with Gasteiger partial charge in [0.25, 0.3) is 0 Å². The van der Waals surface area contributed by atoms with Gasteiger partial charge in [0.2, 0.25) is 0 Å². The molecule has 5 nitrogen and oxygen atoms in total. The quantitative estimate of drug-likeness (QED) is 0.764. The van der Waals surface area contributed by atoms with E-state index in [1.807, 2.05) is 0 Å². The highest BCUT2D eigenvalue weighted by molar-refractivity contribution is 5.75. The summed E-state index contributed by atoms with van der Waals surface area (Å²) in [7, 11) is 1.29. The van der Waals surface area contributed by atoms with E-state index in [1.54, 1.807) is 6.92 Å². The van der Waals surface area contributed by atoms with E-state index < -0.39 is 24.0 Å². The molecular formula is C12H15FO5. The number of hydrogen-bond acceptors (Lipinski definition) is 5. The van der Waals surface area contributed by atoms with E-state index >= 15 is 0 Å². The summed E-state index contributed by atoms with van der Waals surface area (Å²) in [5, 5.41) is 19.4. The molecule has 1 aromatic rings. The molecule has 0 spiro atoms. The van der Waals surface area contributed by atoms with Crippen molar-refractivity contribution < 1.29 is 28.9 Å².